The van der Waals surface area contributed by atoms with Crippen LogP contribution in [-0.4, -0.2) is 134 Å². The number of imidazole rings is 2. The Hall–Kier alpha value is -4.60. The lowest BCUT2D eigenvalue weighted by molar-refractivity contribution is 0.0274. The first kappa shape index (κ1) is 42.0. The molecular weight excluding hydrogens is 725 g/mol. The Morgan fingerprint density at radius 3 is 1.53 bits per heavy atom. The first-order chi connectivity index (χ1) is 27.4. The number of likely N-dealkylation sites (tertiary alicyclic amines) is 4. The lowest BCUT2D eigenvalue weighted by Crippen LogP contribution is -2.45. The van der Waals surface area contributed by atoms with Crippen molar-refractivity contribution in [3.8, 4) is 0 Å². The maximum absolute atomic E-state index is 12.4. The summed E-state index contributed by atoms with van der Waals surface area (Å²) < 4.78 is 9.36. The van der Waals surface area contributed by atoms with Crippen molar-refractivity contribution in [2.24, 2.45) is 5.73 Å². The predicted octanol–water partition coefficient (Wildman–Crippen LogP) is 4.71. The minimum absolute atomic E-state index is 0.00655. The zero-order valence-electron chi connectivity index (χ0n) is 34.5. The molecule has 3 amide bonds. The summed E-state index contributed by atoms with van der Waals surface area (Å²) >= 11 is 0. The first-order valence-corrected chi connectivity index (χ1v) is 21.0. The number of fused-ring (bicyclic) bond motifs is 2. The Labute approximate surface area is 335 Å². The van der Waals surface area contributed by atoms with Gasteiger partial charge in [-0.1, -0.05) is 31.2 Å². The van der Waals surface area contributed by atoms with Crippen molar-refractivity contribution in [3.63, 3.8) is 0 Å². The van der Waals surface area contributed by atoms with Crippen LogP contribution in [0.15, 0.2) is 58.1 Å². The molecule has 0 saturated carbocycles. The molecule has 0 spiro atoms. The van der Waals surface area contributed by atoms with Crippen LogP contribution in [0, 0.1) is 0 Å². The molecule has 4 aromatic rings. The van der Waals surface area contributed by atoms with Gasteiger partial charge in [-0.25, -0.2) is 19.2 Å². The molecule has 4 aliphatic rings. The van der Waals surface area contributed by atoms with Gasteiger partial charge >= 0.3 is 23.5 Å². The standard InChI is InChI=1S/C21H30N4O3.C19H27N5O2.C2H7N/c1-21(2,3)28-20(27)24-13-10-16(14-24)23-11-8-15(9-12-23)25-18-7-5-4-6-17(18)22-19(25)26;1-2-20-18(25)23-12-9-15(13-23)22-10-7-14(8-11-22)24-17-6-4-3-5-16(17)21-19(24)26;1-2-3/h4-7,15-16H,8-14H2,1-3H3,(H,22,26);3-6,14-15H,2,7-13H2,1H3,(H,20,25)(H,21,26);2-3H2,1H3/t16-;15-;/m00./s1. The van der Waals surface area contributed by atoms with E-state index in [0.29, 0.717) is 18.6 Å². The van der Waals surface area contributed by atoms with Gasteiger partial charge in [0.05, 0.1) is 22.1 Å². The molecule has 6 heterocycles. The van der Waals surface area contributed by atoms with Gasteiger partial charge in [-0.15, -0.1) is 0 Å². The van der Waals surface area contributed by atoms with Gasteiger partial charge in [0.1, 0.15) is 5.60 Å². The smallest absolute Gasteiger partial charge is 0.410 e. The van der Waals surface area contributed by atoms with E-state index in [4.69, 9.17) is 10.5 Å². The van der Waals surface area contributed by atoms with E-state index in [1.807, 2.05) is 102 Å². The van der Waals surface area contributed by atoms with Crippen molar-refractivity contribution < 1.29 is 14.3 Å². The average molecular weight is 789 g/mol. The Bertz CT molecular complexity index is 2050. The second-order valence-corrected chi connectivity index (χ2v) is 16.7. The van der Waals surface area contributed by atoms with Gasteiger partial charge < -0.3 is 35.6 Å². The van der Waals surface area contributed by atoms with Crippen LogP contribution >= 0.6 is 0 Å². The third kappa shape index (κ3) is 10.1. The fourth-order valence-electron chi connectivity index (χ4n) is 8.91. The number of para-hydroxylation sites is 4. The van der Waals surface area contributed by atoms with E-state index >= 15 is 0 Å². The third-order valence-corrected chi connectivity index (χ3v) is 11.6. The summed E-state index contributed by atoms with van der Waals surface area (Å²) in [4.78, 5) is 63.8. The van der Waals surface area contributed by atoms with E-state index in [0.717, 1.165) is 119 Å². The molecule has 2 atom stereocenters. The third-order valence-electron chi connectivity index (χ3n) is 11.6. The molecule has 4 saturated heterocycles. The van der Waals surface area contributed by atoms with Gasteiger partial charge in [0, 0.05) is 83.1 Å². The van der Waals surface area contributed by atoms with Gasteiger partial charge in [-0.05, 0) is 97.0 Å². The number of H-pyrrole nitrogens is 2. The molecule has 0 bridgehead atoms. The molecule has 0 unspecified atom stereocenters. The predicted molar refractivity (Wildman–Crippen MR) is 225 cm³/mol. The van der Waals surface area contributed by atoms with Crippen molar-refractivity contribution in [1.82, 2.24) is 44.0 Å². The molecule has 15 nitrogen and oxygen atoms in total. The van der Waals surface area contributed by atoms with Crippen molar-refractivity contribution >= 4 is 34.2 Å². The Morgan fingerprint density at radius 2 is 1.09 bits per heavy atom. The molecule has 2 aromatic heterocycles. The van der Waals surface area contributed by atoms with Crippen LogP contribution in [0.25, 0.3) is 22.1 Å². The quantitative estimate of drug-likeness (QED) is 0.226. The number of benzene rings is 2. The number of ether oxygens (including phenoxy) is 1. The fourth-order valence-corrected chi connectivity index (χ4v) is 8.91. The zero-order chi connectivity index (χ0) is 40.7. The van der Waals surface area contributed by atoms with Crippen LogP contribution in [0.5, 0.6) is 0 Å². The summed E-state index contributed by atoms with van der Waals surface area (Å²) in [5.74, 6) is 0. The lowest BCUT2D eigenvalue weighted by atomic mass is 10.0. The highest BCUT2D eigenvalue weighted by molar-refractivity contribution is 5.76. The topological polar surface area (TPSA) is 170 Å². The van der Waals surface area contributed by atoms with Crippen molar-refractivity contribution in [1.29, 1.82) is 0 Å². The molecule has 0 aliphatic carbocycles. The van der Waals surface area contributed by atoms with E-state index in [-0.39, 0.29) is 35.6 Å². The van der Waals surface area contributed by atoms with Gasteiger partial charge in [-0.3, -0.25) is 18.9 Å². The molecular formula is C42H64N10O5. The second kappa shape index (κ2) is 18.8. The van der Waals surface area contributed by atoms with Gasteiger partial charge in [0.2, 0.25) is 0 Å². The van der Waals surface area contributed by atoms with Crippen LogP contribution in [0.3, 0.4) is 0 Å². The van der Waals surface area contributed by atoms with Crippen molar-refractivity contribution in [3.05, 3.63) is 69.5 Å². The molecule has 4 aliphatic heterocycles. The molecule has 0 radical (unpaired) electrons. The normalized spacial score (nSPS) is 21.3. The molecule has 57 heavy (non-hydrogen) atoms. The Kier molecular flexibility index (Phi) is 13.8. The van der Waals surface area contributed by atoms with E-state index in [1.165, 1.54) is 0 Å². The van der Waals surface area contributed by atoms with Crippen LogP contribution in [-0.2, 0) is 4.74 Å². The Balaban J connectivity index is 0.000000181. The van der Waals surface area contributed by atoms with Crippen LogP contribution < -0.4 is 22.4 Å². The van der Waals surface area contributed by atoms with Crippen molar-refractivity contribution in [2.75, 3.05) is 65.4 Å². The lowest BCUT2D eigenvalue weighted by Gasteiger charge is -2.36. The SMILES string of the molecule is CC(C)(C)OC(=O)N1CC[C@H](N2CCC(n3c(=O)[nH]c4ccccc43)CC2)C1.CCN.CCNC(=O)N1CC[C@H](N2CCC(n3c(=O)[nH]c4ccccc43)CC2)C1. The fraction of sp³-hybridized carbons (Fsp3) is 0.619. The number of hydrogen-bond donors (Lipinski definition) is 4. The molecule has 8 rings (SSSR count). The van der Waals surface area contributed by atoms with Gasteiger partial charge in [0.25, 0.3) is 0 Å². The number of nitrogens with two attached hydrogens (primary N) is 1. The monoisotopic (exact) mass is 789 g/mol. The molecule has 2 aromatic carbocycles. The number of carbonyl (C=O) groups is 2. The van der Waals surface area contributed by atoms with E-state index in [9.17, 15) is 19.2 Å². The summed E-state index contributed by atoms with van der Waals surface area (Å²) in [6, 6.07) is 17.1. The number of nitrogens with zero attached hydrogens (tertiary/aromatic N) is 6. The first-order valence-electron chi connectivity index (χ1n) is 21.0. The maximum Gasteiger partial charge on any atom is 0.410 e. The number of carbonyl (C=O) groups excluding carboxylic acids is 2. The minimum Gasteiger partial charge on any atom is -0.444 e. The second-order valence-electron chi connectivity index (χ2n) is 16.7. The number of aromatic amines is 2. The minimum atomic E-state index is -0.458. The number of amides is 3. The number of aromatic nitrogens is 4. The highest BCUT2D eigenvalue weighted by atomic mass is 16.6. The molecule has 5 N–H and O–H groups in total. The Morgan fingerprint density at radius 1 is 0.684 bits per heavy atom. The highest BCUT2D eigenvalue weighted by Gasteiger charge is 2.36. The van der Waals surface area contributed by atoms with Crippen LogP contribution in [0.2, 0.25) is 0 Å². The van der Waals surface area contributed by atoms with Gasteiger partial charge in [0.15, 0.2) is 0 Å². The average Bonchev–Trinajstić information content (AvgIpc) is 4.00. The number of urea groups is 1. The van der Waals surface area contributed by atoms with Crippen molar-refractivity contribution in [2.45, 2.75) is 103 Å². The van der Waals surface area contributed by atoms with Gasteiger partial charge in [-0.2, -0.15) is 0 Å². The zero-order valence-corrected chi connectivity index (χ0v) is 34.5. The summed E-state index contributed by atoms with van der Waals surface area (Å²) in [6.45, 7) is 17.9. The number of rotatable bonds is 5. The molecule has 312 valence electrons. The molecule has 4 fully saturated rings. The van der Waals surface area contributed by atoms with E-state index < -0.39 is 5.60 Å². The summed E-state index contributed by atoms with van der Waals surface area (Å²) in [6.07, 6.45) is 5.65. The number of piperidine rings is 2. The number of hydrogen-bond acceptors (Lipinski definition) is 8. The molecule has 15 heteroatoms. The largest absolute Gasteiger partial charge is 0.444 e. The van der Waals surface area contributed by atoms with E-state index in [2.05, 4.69) is 25.1 Å². The maximum atomic E-state index is 12.4. The number of nitrogens with one attached hydrogen (secondary N) is 3. The summed E-state index contributed by atoms with van der Waals surface area (Å²) in [7, 11) is 0. The highest BCUT2D eigenvalue weighted by Crippen LogP contribution is 2.30. The summed E-state index contributed by atoms with van der Waals surface area (Å²) in [5.41, 5.74) is 8.17. The van der Waals surface area contributed by atoms with Crippen LogP contribution in [0.4, 0.5) is 9.59 Å². The van der Waals surface area contributed by atoms with Crippen LogP contribution in [0.1, 0.15) is 85.2 Å². The van der Waals surface area contributed by atoms with E-state index in [1.54, 1.807) is 0 Å². The summed E-state index contributed by atoms with van der Waals surface area (Å²) in [5, 5.41) is 2.89.